The lowest BCUT2D eigenvalue weighted by Gasteiger charge is -2.29. The molecule has 0 saturated carbocycles. The molecule has 0 aromatic heterocycles. The Kier molecular flexibility index (Phi) is 8.71. The number of carbonyl (C=O) groups excluding carboxylic acids is 2. The van der Waals surface area contributed by atoms with Gasteiger partial charge in [-0.15, -0.1) is 0 Å². The van der Waals surface area contributed by atoms with Gasteiger partial charge >= 0.3 is 0 Å². The highest BCUT2D eigenvalue weighted by molar-refractivity contribution is 6.30. The normalized spacial score (nSPS) is 11.8. The monoisotopic (exact) mass is 414 g/mol. The van der Waals surface area contributed by atoms with Crippen LogP contribution in [0.3, 0.4) is 0 Å². The Hall–Kier alpha value is -2.33. The summed E-state index contributed by atoms with van der Waals surface area (Å²) in [6, 6.07) is 13.0. The van der Waals surface area contributed by atoms with Crippen molar-refractivity contribution in [1.29, 1.82) is 0 Å². The van der Waals surface area contributed by atoms with Gasteiger partial charge in [-0.25, -0.2) is 0 Å². The molecular weight excluding hydrogens is 384 g/mol. The maximum atomic E-state index is 13.2. The van der Waals surface area contributed by atoms with Crippen molar-refractivity contribution in [3.63, 3.8) is 0 Å². The number of rotatable bonds is 9. The van der Waals surface area contributed by atoms with Gasteiger partial charge in [0.1, 0.15) is 6.04 Å². The van der Waals surface area contributed by atoms with Crippen LogP contribution in [-0.4, -0.2) is 29.3 Å². The third kappa shape index (κ3) is 7.21. The molecule has 0 unspecified atom stereocenters. The van der Waals surface area contributed by atoms with Gasteiger partial charge in [0, 0.05) is 18.1 Å². The molecule has 2 aromatic rings. The summed E-state index contributed by atoms with van der Waals surface area (Å²) in [4.78, 5) is 27.5. The molecule has 0 radical (unpaired) electrons. The van der Waals surface area contributed by atoms with Gasteiger partial charge in [-0.3, -0.25) is 9.59 Å². The molecule has 2 aromatic carbocycles. The number of unbranched alkanes of at least 4 members (excludes halogenated alkanes) is 1. The smallest absolute Gasteiger partial charge is 0.242 e. The fourth-order valence-corrected chi connectivity index (χ4v) is 3.61. The predicted octanol–water partition coefficient (Wildman–Crippen LogP) is 4.83. The van der Waals surface area contributed by atoms with Gasteiger partial charge in [0.15, 0.2) is 0 Å². The lowest BCUT2D eigenvalue weighted by atomic mass is 10.0. The Morgan fingerprint density at radius 3 is 2.38 bits per heavy atom. The number of aryl methyl sites for hydroxylation is 2. The first kappa shape index (κ1) is 23.0. The summed E-state index contributed by atoms with van der Waals surface area (Å²) in [6.07, 6.45) is 2.19. The minimum Gasteiger partial charge on any atom is -0.354 e. The van der Waals surface area contributed by atoms with Crippen molar-refractivity contribution in [2.45, 2.75) is 59.5 Å². The number of nitrogens with one attached hydrogen (secondary N) is 1. The topological polar surface area (TPSA) is 49.4 Å². The predicted molar refractivity (Wildman–Crippen MR) is 119 cm³/mol. The van der Waals surface area contributed by atoms with E-state index in [1.807, 2.05) is 44.2 Å². The summed E-state index contributed by atoms with van der Waals surface area (Å²) < 4.78 is 0. The molecule has 0 aliphatic rings. The zero-order valence-electron chi connectivity index (χ0n) is 17.8. The molecule has 0 aliphatic heterocycles. The molecule has 29 heavy (non-hydrogen) atoms. The van der Waals surface area contributed by atoms with E-state index in [1.54, 1.807) is 17.9 Å². The first-order valence-electron chi connectivity index (χ1n) is 10.2. The van der Waals surface area contributed by atoms with E-state index >= 15 is 0 Å². The van der Waals surface area contributed by atoms with Crippen molar-refractivity contribution in [3.05, 3.63) is 69.7 Å². The summed E-state index contributed by atoms with van der Waals surface area (Å²) in [7, 11) is 0. The first-order valence-corrected chi connectivity index (χ1v) is 10.6. The number of halogens is 1. The van der Waals surface area contributed by atoms with Crippen LogP contribution in [0.25, 0.3) is 0 Å². The van der Waals surface area contributed by atoms with E-state index in [4.69, 9.17) is 11.6 Å². The van der Waals surface area contributed by atoms with Crippen molar-refractivity contribution in [3.8, 4) is 0 Å². The zero-order chi connectivity index (χ0) is 21.4. The molecule has 0 fully saturated rings. The molecule has 0 spiro atoms. The molecule has 0 bridgehead atoms. The fraction of sp³-hybridized carbons (Fsp3) is 0.417. The highest BCUT2D eigenvalue weighted by Gasteiger charge is 2.26. The van der Waals surface area contributed by atoms with E-state index < -0.39 is 6.04 Å². The molecule has 1 atom stereocenters. The van der Waals surface area contributed by atoms with Crippen molar-refractivity contribution in [2.75, 3.05) is 6.54 Å². The molecule has 0 saturated heterocycles. The van der Waals surface area contributed by atoms with Gasteiger partial charge in [0.25, 0.3) is 0 Å². The van der Waals surface area contributed by atoms with Crippen molar-refractivity contribution < 1.29 is 9.59 Å². The molecule has 0 aliphatic carbocycles. The largest absolute Gasteiger partial charge is 0.354 e. The maximum absolute atomic E-state index is 13.2. The Bertz CT molecular complexity index is 830. The Labute approximate surface area is 179 Å². The molecule has 156 valence electrons. The van der Waals surface area contributed by atoms with Crippen LogP contribution in [0.4, 0.5) is 0 Å². The van der Waals surface area contributed by atoms with Crippen LogP contribution < -0.4 is 5.32 Å². The van der Waals surface area contributed by atoms with E-state index in [1.165, 1.54) is 0 Å². The number of amides is 2. The Morgan fingerprint density at radius 1 is 1.07 bits per heavy atom. The second-order valence-corrected chi connectivity index (χ2v) is 8.08. The van der Waals surface area contributed by atoms with E-state index in [9.17, 15) is 9.59 Å². The van der Waals surface area contributed by atoms with Gasteiger partial charge in [-0.05, 0) is 50.5 Å². The molecule has 2 rings (SSSR count). The zero-order valence-corrected chi connectivity index (χ0v) is 18.6. The van der Waals surface area contributed by atoms with E-state index in [2.05, 4.69) is 18.3 Å². The maximum Gasteiger partial charge on any atom is 0.242 e. The van der Waals surface area contributed by atoms with Crippen LogP contribution in [0.15, 0.2) is 42.5 Å². The quantitative estimate of drug-likeness (QED) is 0.597. The number of nitrogens with zero attached hydrogens (tertiary/aromatic N) is 1. The van der Waals surface area contributed by atoms with Crippen LogP contribution in [0.5, 0.6) is 0 Å². The summed E-state index contributed by atoms with van der Waals surface area (Å²) in [5, 5.41) is 3.55. The van der Waals surface area contributed by atoms with Crippen molar-refractivity contribution in [1.82, 2.24) is 10.2 Å². The van der Waals surface area contributed by atoms with Crippen molar-refractivity contribution >= 4 is 23.4 Å². The van der Waals surface area contributed by atoms with Gasteiger partial charge in [0.05, 0.1) is 6.42 Å². The molecule has 4 nitrogen and oxygen atoms in total. The highest BCUT2D eigenvalue weighted by atomic mass is 35.5. The Morgan fingerprint density at radius 2 is 1.76 bits per heavy atom. The summed E-state index contributed by atoms with van der Waals surface area (Å²) in [5.74, 6) is -0.206. The van der Waals surface area contributed by atoms with Crippen molar-refractivity contribution in [2.24, 2.45) is 0 Å². The minimum absolute atomic E-state index is 0.0758. The summed E-state index contributed by atoms with van der Waals surface area (Å²) >= 11 is 6.12. The first-order chi connectivity index (χ1) is 13.8. The van der Waals surface area contributed by atoms with E-state index in [0.717, 1.165) is 35.1 Å². The van der Waals surface area contributed by atoms with Gasteiger partial charge in [-0.2, -0.15) is 0 Å². The summed E-state index contributed by atoms with van der Waals surface area (Å²) in [5.41, 5.74) is 4.11. The SMILES string of the molecule is CCCCNC(=O)[C@@H](C)N(Cc1cccc(Cl)c1)C(=O)Cc1cc(C)cc(C)c1. The standard InChI is InChI=1S/C24H31ClN2O2/c1-5-6-10-26-24(29)19(4)27(16-20-8-7-9-22(25)14-20)23(28)15-21-12-17(2)11-18(3)13-21/h7-9,11-14,19H,5-6,10,15-16H2,1-4H3,(H,26,29)/t19-/m1/s1. The number of hydrogen-bond acceptors (Lipinski definition) is 2. The van der Waals surface area contributed by atoms with Gasteiger partial charge < -0.3 is 10.2 Å². The fourth-order valence-electron chi connectivity index (χ4n) is 3.40. The molecule has 0 heterocycles. The molecular formula is C24H31ClN2O2. The van der Waals surface area contributed by atoms with Crippen LogP contribution >= 0.6 is 11.6 Å². The van der Waals surface area contributed by atoms with E-state index in [-0.39, 0.29) is 18.2 Å². The molecule has 1 N–H and O–H groups in total. The average molecular weight is 415 g/mol. The lowest BCUT2D eigenvalue weighted by Crippen LogP contribution is -2.48. The lowest BCUT2D eigenvalue weighted by molar-refractivity contribution is -0.140. The van der Waals surface area contributed by atoms with Crippen LogP contribution in [0.1, 0.15) is 48.9 Å². The van der Waals surface area contributed by atoms with Crippen LogP contribution in [-0.2, 0) is 22.6 Å². The number of carbonyl (C=O) groups is 2. The average Bonchev–Trinajstić information content (AvgIpc) is 2.64. The second kappa shape index (κ2) is 11.0. The molecule has 5 heteroatoms. The van der Waals surface area contributed by atoms with Crippen LogP contribution in [0, 0.1) is 13.8 Å². The van der Waals surface area contributed by atoms with Gasteiger partial charge in [0.2, 0.25) is 11.8 Å². The second-order valence-electron chi connectivity index (χ2n) is 7.64. The van der Waals surface area contributed by atoms with Gasteiger partial charge in [-0.1, -0.05) is 66.4 Å². The molecule has 2 amide bonds. The highest BCUT2D eigenvalue weighted by Crippen LogP contribution is 2.17. The third-order valence-electron chi connectivity index (χ3n) is 4.88. The van der Waals surface area contributed by atoms with E-state index in [0.29, 0.717) is 18.1 Å². The third-order valence-corrected chi connectivity index (χ3v) is 5.11. The minimum atomic E-state index is -0.566. The Balaban J connectivity index is 2.22. The number of hydrogen-bond donors (Lipinski definition) is 1. The van der Waals surface area contributed by atoms with Crippen LogP contribution in [0.2, 0.25) is 5.02 Å². The summed E-state index contributed by atoms with van der Waals surface area (Å²) in [6.45, 7) is 8.87. The number of benzene rings is 2.